The zero-order valence-corrected chi connectivity index (χ0v) is 13.2. The molecule has 0 spiro atoms. The van der Waals surface area contributed by atoms with Gasteiger partial charge in [-0.25, -0.2) is 9.13 Å². The number of aryl methyl sites for hydroxylation is 2. The Kier molecular flexibility index (Phi) is 3.52. The van der Waals surface area contributed by atoms with E-state index in [1.165, 1.54) is 0 Å². The van der Waals surface area contributed by atoms with Gasteiger partial charge in [-0.05, 0) is 0 Å². The third-order valence-electron chi connectivity index (χ3n) is 3.12. The number of ketones is 2. The van der Waals surface area contributed by atoms with Crippen LogP contribution in [0.3, 0.4) is 0 Å². The van der Waals surface area contributed by atoms with Gasteiger partial charge in [0.25, 0.3) is 0 Å². The van der Waals surface area contributed by atoms with E-state index >= 15 is 0 Å². The first-order chi connectivity index (χ1) is 10.6. The molecular formula is C13H11F6N2O2P. The van der Waals surface area contributed by atoms with Gasteiger partial charge in [-0.2, -0.15) is 0 Å². The Bertz CT molecular complexity index is 804. The number of halogens is 6. The molecule has 1 aromatic carbocycles. The summed E-state index contributed by atoms with van der Waals surface area (Å²) in [6.45, 7) is 0. The van der Waals surface area contributed by atoms with Gasteiger partial charge in [0.15, 0.2) is 0 Å². The number of carbonyl (C=O) groups excluding carboxylic acids is 2. The Morgan fingerprint density at radius 3 is 1.79 bits per heavy atom. The summed E-state index contributed by atoms with van der Waals surface area (Å²) in [6, 6.07) is 6.95. The summed E-state index contributed by atoms with van der Waals surface area (Å²) in [7, 11) is -7.11. The number of benzene rings is 1. The quantitative estimate of drug-likeness (QED) is 0.340. The molecule has 0 saturated carbocycles. The molecule has 0 atom stereocenters. The molecule has 0 radical (unpaired) electrons. The molecule has 0 bridgehead atoms. The molecule has 0 N–H and O–H groups in total. The van der Waals surface area contributed by atoms with Crippen LogP contribution in [-0.4, -0.2) is 16.1 Å². The van der Waals surface area contributed by atoms with Crippen LogP contribution in [0.2, 0.25) is 0 Å². The molecule has 1 aliphatic rings. The van der Waals surface area contributed by atoms with Crippen molar-refractivity contribution in [3.63, 3.8) is 0 Å². The van der Waals surface area contributed by atoms with Crippen molar-refractivity contribution in [2.75, 3.05) is 0 Å². The normalized spacial score (nSPS) is 16.3. The first kappa shape index (κ1) is 18.1. The average Bonchev–Trinajstić information content (AvgIpc) is 2.68. The molecule has 132 valence electrons. The predicted octanol–water partition coefficient (Wildman–Crippen LogP) is 4.01. The van der Waals surface area contributed by atoms with E-state index < -0.39 is 7.81 Å². The summed E-state index contributed by atoms with van der Waals surface area (Å²) in [5.41, 5.74) is 1.92. The molecule has 24 heavy (non-hydrogen) atoms. The van der Waals surface area contributed by atoms with Crippen molar-refractivity contribution in [3.05, 3.63) is 53.1 Å². The molecule has 0 unspecified atom stereocenters. The van der Waals surface area contributed by atoms with Crippen molar-refractivity contribution in [1.29, 1.82) is 0 Å². The standard InChI is InChI=1S/C13H11N2O2.F6P/c1-14-7-15(2)11-10(14)12(16)8-5-3-4-6-9(8)13(11)17;1-7(2,3,4,5)6/h3-7H,1-2H3;/q+1;-1. The van der Waals surface area contributed by atoms with Gasteiger partial charge in [-0.1, -0.05) is 24.3 Å². The van der Waals surface area contributed by atoms with Gasteiger partial charge >= 0.3 is 33.0 Å². The summed E-state index contributed by atoms with van der Waals surface area (Å²) in [5, 5.41) is 0. The van der Waals surface area contributed by atoms with Crippen LogP contribution < -0.4 is 4.57 Å². The number of nitrogens with zero attached hydrogens (tertiary/aromatic N) is 2. The van der Waals surface area contributed by atoms with Crippen molar-refractivity contribution < 1.29 is 39.3 Å². The van der Waals surface area contributed by atoms with Crippen LogP contribution in [0.25, 0.3) is 0 Å². The van der Waals surface area contributed by atoms with E-state index in [4.69, 9.17) is 0 Å². The zero-order chi connectivity index (χ0) is 18.6. The maximum absolute atomic E-state index is 12.3. The van der Waals surface area contributed by atoms with E-state index in [1.807, 2.05) is 0 Å². The molecule has 11 heteroatoms. The van der Waals surface area contributed by atoms with Crippen molar-refractivity contribution in [2.45, 2.75) is 0 Å². The zero-order valence-electron chi connectivity index (χ0n) is 12.3. The van der Waals surface area contributed by atoms with Crippen molar-refractivity contribution in [3.8, 4) is 0 Å². The Balaban J connectivity index is 0.000000256. The number of imidazole rings is 1. The molecular weight excluding hydrogens is 361 g/mol. The van der Waals surface area contributed by atoms with Crippen LogP contribution in [0, 0.1) is 0 Å². The Morgan fingerprint density at radius 1 is 0.917 bits per heavy atom. The number of hydrogen-bond donors (Lipinski definition) is 0. The first-order valence-electron chi connectivity index (χ1n) is 6.36. The van der Waals surface area contributed by atoms with Crippen LogP contribution in [0.5, 0.6) is 0 Å². The number of carbonyl (C=O) groups is 2. The van der Waals surface area contributed by atoms with E-state index in [1.54, 1.807) is 53.8 Å². The van der Waals surface area contributed by atoms with Crippen LogP contribution in [0.1, 0.15) is 32.1 Å². The number of aromatic nitrogens is 2. The summed E-state index contributed by atoms with van der Waals surface area (Å²) in [4.78, 5) is 24.6. The molecule has 3 rings (SSSR count). The molecule has 1 aromatic heterocycles. The molecule has 0 fully saturated rings. The fourth-order valence-corrected chi connectivity index (χ4v) is 2.38. The van der Waals surface area contributed by atoms with Crippen molar-refractivity contribution in [1.82, 2.24) is 4.57 Å². The summed E-state index contributed by atoms with van der Waals surface area (Å²) in [6.07, 6.45) is 1.74. The average molecular weight is 372 g/mol. The minimum absolute atomic E-state index is 0.0849. The van der Waals surface area contributed by atoms with E-state index in [0.717, 1.165) is 0 Å². The number of rotatable bonds is 0. The second-order valence-corrected chi connectivity index (χ2v) is 7.11. The molecule has 1 aliphatic carbocycles. The van der Waals surface area contributed by atoms with Gasteiger partial charge in [0, 0.05) is 11.1 Å². The molecule has 0 amide bonds. The Hall–Kier alpha value is -2.22. The van der Waals surface area contributed by atoms with Gasteiger partial charge in [-0.15, -0.1) is 0 Å². The molecule has 0 aliphatic heterocycles. The third-order valence-corrected chi connectivity index (χ3v) is 3.12. The van der Waals surface area contributed by atoms with E-state index in [9.17, 15) is 34.8 Å². The summed E-state index contributed by atoms with van der Waals surface area (Å²) >= 11 is 0. The Labute approximate surface area is 131 Å². The van der Waals surface area contributed by atoms with Crippen LogP contribution >= 0.6 is 7.81 Å². The van der Waals surface area contributed by atoms with Gasteiger partial charge in [0.1, 0.15) is 0 Å². The van der Waals surface area contributed by atoms with E-state index in [2.05, 4.69) is 0 Å². The van der Waals surface area contributed by atoms with Crippen LogP contribution in [-0.2, 0) is 14.1 Å². The first-order valence-corrected chi connectivity index (χ1v) is 8.39. The minimum atomic E-state index is -10.7. The van der Waals surface area contributed by atoms with Gasteiger partial charge < -0.3 is 0 Å². The van der Waals surface area contributed by atoms with Gasteiger partial charge in [0.05, 0.1) is 14.1 Å². The monoisotopic (exact) mass is 372 g/mol. The summed E-state index contributed by atoms with van der Waals surface area (Å²) < 4.78 is 62.6. The molecule has 2 aromatic rings. The Morgan fingerprint density at radius 2 is 1.33 bits per heavy atom. The second-order valence-electron chi connectivity index (χ2n) is 5.20. The molecule has 4 nitrogen and oxygen atoms in total. The van der Waals surface area contributed by atoms with Crippen LogP contribution in [0.4, 0.5) is 25.2 Å². The van der Waals surface area contributed by atoms with E-state index in [-0.39, 0.29) is 11.6 Å². The predicted molar refractivity (Wildman–Crippen MR) is 73.5 cm³/mol. The van der Waals surface area contributed by atoms with E-state index in [0.29, 0.717) is 22.5 Å². The summed E-state index contributed by atoms with van der Waals surface area (Å²) in [5.74, 6) is -0.170. The maximum atomic E-state index is 12.3. The van der Waals surface area contributed by atoms with Gasteiger partial charge in [-0.3, -0.25) is 9.59 Å². The molecule has 1 heterocycles. The fraction of sp³-hybridized carbons (Fsp3) is 0.154. The van der Waals surface area contributed by atoms with Crippen molar-refractivity contribution >= 4 is 19.4 Å². The van der Waals surface area contributed by atoms with Gasteiger partial charge in [0.2, 0.25) is 29.3 Å². The number of fused-ring (bicyclic) bond motifs is 2. The second kappa shape index (κ2) is 4.66. The van der Waals surface area contributed by atoms with Crippen molar-refractivity contribution in [2.24, 2.45) is 14.1 Å². The van der Waals surface area contributed by atoms with Crippen LogP contribution in [0.15, 0.2) is 30.6 Å². The fourth-order valence-electron chi connectivity index (χ4n) is 2.38. The SMILES string of the molecule is Cn1c[n+](C)c2c1C(=O)c1ccccc1C2=O.F[P-](F)(F)(F)(F)F. The number of hydrogen-bond acceptors (Lipinski definition) is 2. The molecule has 0 saturated heterocycles. The topological polar surface area (TPSA) is 43.0 Å². The third kappa shape index (κ3) is 4.19.